The van der Waals surface area contributed by atoms with Gasteiger partial charge in [-0.25, -0.2) is 4.98 Å². The number of aromatic nitrogens is 2. The third-order valence-corrected chi connectivity index (χ3v) is 6.27. The highest BCUT2D eigenvalue weighted by molar-refractivity contribution is 7.99. The number of fused-ring (bicyclic) bond motifs is 1. The zero-order valence-electron chi connectivity index (χ0n) is 14.5. The highest BCUT2D eigenvalue weighted by Gasteiger charge is 2.31. The smallest absolute Gasteiger partial charge is 0.262 e. The molecule has 1 heterocycles. The Bertz CT molecular complexity index is 815. The molecule has 3 atom stereocenters. The van der Waals surface area contributed by atoms with Crippen molar-refractivity contribution in [3.8, 4) is 0 Å². The van der Waals surface area contributed by atoms with Gasteiger partial charge in [0.05, 0.1) is 16.7 Å². The van der Waals surface area contributed by atoms with Crippen LogP contribution in [0.25, 0.3) is 10.9 Å². The van der Waals surface area contributed by atoms with Gasteiger partial charge in [-0.15, -0.1) is 0 Å². The molecule has 0 amide bonds. The maximum atomic E-state index is 13.2. The average Bonchev–Trinajstić information content (AvgIpc) is 2.56. The standard InChI is InChI=1S/C19H24N2O2S/c1-12-7-6-10-17(14(12)3)21-18(23)15-8-4-5-9-16(15)20-19(21)24-11-13(2)22/h4-5,8-9,12,14,17H,6-7,10-11H2,1-3H3/t12-,14+,17+/m0/s1. The van der Waals surface area contributed by atoms with Crippen LogP contribution in [0.5, 0.6) is 0 Å². The molecule has 0 unspecified atom stereocenters. The minimum atomic E-state index is 0.0256. The zero-order valence-corrected chi connectivity index (χ0v) is 15.3. The van der Waals surface area contributed by atoms with Gasteiger partial charge in [-0.1, -0.05) is 50.6 Å². The minimum Gasteiger partial charge on any atom is -0.299 e. The molecular formula is C19H24N2O2S. The molecule has 1 saturated carbocycles. The van der Waals surface area contributed by atoms with Crippen molar-refractivity contribution in [2.45, 2.75) is 51.2 Å². The molecule has 2 aromatic rings. The number of para-hydroxylation sites is 1. The van der Waals surface area contributed by atoms with Gasteiger partial charge in [0.1, 0.15) is 5.78 Å². The molecule has 0 aliphatic heterocycles. The number of thioether (sulfide) groups is 1. The summed E-state index contributed by atoms with van der Waals surface area (Å²) in [5, 5.41) is 1.34. The van der Waals surface area contributed by atoms with Gasteiger partial charge in [-0.3, -0.25) is 14.2 Å². The highest BCUT2D eigenvalue weighted by atomic mass is 32.2. The van der Waals surface area contributed by atoms with E-state index in [1.165, 1.54) is 18.2 Å². The van der Waals surface area contributed by atoms with Gasteiger partial charge in [0, 0.05) is 6.04 Å². The van der Waals surface area contributed by atoms with E-state index in [1.54, 1.807) is 6.92 Å². The second-order valence-corrected chi connectivity index (χ2v) is 7.85. The Morgan fingerprint density at radius 1 is 1.29 bits per heavy atom. The fourth-order valence-electron chi connectivity index (χ4n) is 3.60. The van der Waals surface area contributed by atoms with Gasteiger partial charge in [-0.05, 0) is 37.3 Å². The summed E-state index contributed by atoms with van der Waals surface area (Å²) in [7, 11) is 0. The van der Waals surface area contributed by atoms with E-state index in [0.29, 0.717) is 33.6 Å². The summed E-state index contributed by atoms with van der Waals surface area (Å²) in [6.45, 7) is 6.07. The van der Waals surface area contributed by atoms with E-state index < -0.39 is 0 Å². The molecule has 3 rings (SSSR count). The summed E-state index contributed by atoms with van der Waals surface area (Å²) >= 11 is 1.38. The van der Waals surface area contributed by atoms with Crippen LogP contribution in [0.4, 0.5) is 0 Å². The molecular weight excluding hydrogens is 320 g/mol. The van der Waals surface area contributed by atoms with Gasteiger partial charge in [0.2, 0.25) is 0 Å². The largest absolute Gasteiger partial charge is 0.299 e. The van der Waals surface area contributed by atoms with Crippen molar-refractivity contribution in [1.82, 2.24) is 9.55 Å². The van der Waals surface area contributed by atoms with Crippen LogP contribution in [-0.2, 0) is 4.79 Å². The van der Waals surface area contributed by atoms with E-state index in [-0.39, 0.29) is 17.4 Å². The van der Waals surface area contributed by atoms with Crippen molar-refractivity contribution < 1.29 is 4.79 Å². The number of carbonyl (C=O) groups is 1. The van der Waals surface area contributed by atoms with Gasteiger partial charge in [0.15, 0.2) is 5.16 Å². The minimum absolute atomic E-state index is 0.0256. The number of hydrogen-bond acceptors (Lipinski definition) is 4. The SMILES string of the molecule is CC(=O)CSc1nc2ccccc2c(=O)n1[C@@H]1CCC[C@H](C)[C@H]1C. The summed E-state index contributed by atoms with van der Waals surface area (Å²) in [5.74, 6) is 1.46. The lowest BCUT2D eigenvalue weighted by Gasteiger charge is -2.36. The van der Waals surface area contributed by atoms with E-state index in [2.05, 4.69) is 13.8 Å². The molecule has 1 aromatic heterocycles. The molecule has 5 heteroatoms. The van der Waals surface area contributed by atoms with Crippen molar-refractivity contribution in [2.75, 3.05) is 5.75 Å². The Kier molecular flexibility index (Phi) is 5.09. The molecule has 1 aromatic carbocycles. The van der Waals surface area contributed by atoms with Crippen LogP contribution in [-0.4, -0.2) is 21.1 Å². The second-order valence-electron chi connectivity index (χ2n) is 6.91. The average molecular weight is 344 g/mol. The Morgan fingerprint density at radius 2 is 2.04 bits per heavy atom. The predicted octanol–water partition coefficient (Wildman–Crippen LogP) is 4.07. The highest BCUT2D eigenvalue weighted by Crippen LogP contribution is 2.38. The first-order valence-corrected chi connectivity index (χ1v) is 9.61. The van der Waals surface area contributed by atoms with Gasteiger partial charge >= 0.3 is 0 Å². The quantitative estimate of drug-likeness (QED) is 0.619. The molecule has 24 heavy (non-hydrogen) atoms. The summed E-state index contributed by atoms with van der Waals surface area (Å²) in [6, 6.07) is 7.64. The fourth-order valence-corrected chi connectivity index (χ4v) is 4.46. The zero-order chi connectivity index (χ0) is 17.3. The van der Waals surface area contributed by atoms with Crippen LogP contribution in [0, 0.1) is 11.8 Å². The summed E-state index contributed by atoms with van der Waals surface area (Å²) in [4.78, 5) is 29.3. The summed E-state index contributed by atoms with van der Waals surface area (Å²) in [6.07, 6.45) is 3.34. The topological polar surface area (TPSA) is 52.0 Å². The lowest BCUT2D eigenvalue weighted by atomic mass is 9.78. The Balaban J connectivity index is 2.15. The monoisotopic (exact) mass is 344 g/mol. The third kappa shape index (κ3) is 3.27. The number of Topliss-reactive ketones (excluding diaryl/α,β-unsaturated/α-hetero) is 1. The molecule has 0 N–H and O–H groups in total. The normalized spacial score (nSPS) is 24.2. The number of hydrogen-bond donors (Lipinski definition) is 0. The molecule has 0 spiro atoms. The molecule has 1 fully saturated rings. The first-order chi connectivity index (χ1) is 11.5. The lowest BCUT2D eigenvalue weighted by Crippen LogP contribution is -2.35. The summed E-state index contributed by atoms with van der Waals surface area (Å²) < 4.78 is 1.87. The predicted molar refractivity (Wildman–Crippen MR) is 98.6 cm³/mol. The molecule has 0 bridgehead atoms. The Labute approximate surface area is 146 Å². The first kappa shape index (κ1) is 17.2. The molecule has 1 aliphatic rings. The lowest BCUT2D eigenvalue weighted by molar-refractivity contribution is -0.114. The van der Waals surface area contributed by atoms with E-state index >= 15 is 0 Å². The third-order valence-electron chi connectivity index (χ3n) is 5.18. The molecule has 128 valence electrons. The van der Waals surface area contributed by atoms with E-state index in [0.717, 1.165) is 12.8 Å². The molecule has 0 saturated heterocycles. The van der Waals surface area contributed by atoms with Gasteiger partial charge < -0.3 is 0 Å². The van der Waals surface area contributed by atoms with Crippen molar-refractivity contribution in [2.24, 2.45) is 11.8 Å². The molecule has 4 nitrogen and oxygen atoms in total. The van der Waals surface area contributed by atoms with Gasteiger partial charge in [0.25, 0.3) is 5.56 Å². The molecule has 0 radical (unpaired) electrons. The number of nitrogens with zero attached hydrogens (tertiary/aromatic N) is 2. The van der Waals surface area contributed by atoms with E-state index in [9.17, 15) is 9.59 Å². The van der Waals surface area contributed by atoms with Crippen LogP contribution >= 0.6 is 11.8 Å². The van der Waals surface area contributed by atoms with Crippen LogP contribution in [0.2, 0.25) is 0 Å². The number of ketones is 1. The second kappa shape index (κ2) is 7.09. The van der Waals surface area contributed by atoms with Crippen LogP contribution < -0.4 is 5.56 Å². The number of carbonyl (C=O) groups excluding carboxylic acids is 1. The Morgan fingerprint density at radius 3 is 2.79 bits per heavy atom. The number of benzene rings is 1. The van der Waals surface area contributed by atoms with Crippen LogP contribution in [0.1, 0.15) is 46.1 Å². The van der Waals surface area contributed by atoms with Crippen molar-refractivity contribution >= 4 is 28.4 Å². The van der Waals surface area contributed by atoms with Crippen molar-refractivity contribution in [1.29, 1.82) is 0 Å². The Hall–Kier alpha value is -1.62. The van der Waals surface area contributed by atoms with E-state index in [1.807, 2.05) is 28.8 Å². The van der Waals surface area contributed by atoms with Gasteiger partial charge in [-0.2, -0.15) is 0 Å². The number of rotatable bonds is 4. The maximum Gasteiger partial charge on any atom is 0.262 e. The maximum absolute atomic E-state index is 13.2. The first-order valence-electron chi connectivity index (χ1n) is 8.62. The molecule has 1 aliphatic carbocycles. The van der Waals surface area contributed by atoms with Crippen LogP contribution in [0.15, 0.2) is 34.2 Å². The fraction of sp³-hybridized carbons (Fsp3) is 0.526. The van der Waals surface area contributed by atoms with Crippen molar-refractivity contribution in [3.63, 3.8) is 0 Å². The van der Waals surface area contributed by atoms with Crippen molar-refractivity contribution in [3.05, 3.63) is 34.6 Å². The van der Waals surface area contributed by atoms with E-state index in [4.69, 9.17) is 4.98 Å². The van der Waals surface area contributed by atoms with Crippen LogP contribution in [0.3, 0.4) is 0 Å². The summed E-state index contributed by atoms with van der Waals surface area (Å²) in [5.41, 5.74) is 0.735.